The molecule has 298 valence electrons. The van der Waals surface area contributed by atoms with Gasteiger partial charge in [-0.2, -0.15) is 0 Å². The van der Waals surface area contributed by atoms with Crippen molar-refractivity contribution in [3.63, 3.8) is 0 Å². The Morgan fingerprint density at radius 2 is 1.85 bits per heavy atom. The minimum absolute atomic E-state index is 0.0399. The Morgan fingerprint density at radius 3 is 2.46 bits per heavy atom. The zero-order valence-corrected chi connectivity index (χ0v) is 33.6. The molecule has 4 amide bonds. The van der Waals surface area contributed by atoms with E-state index in [1.807, 2.05) is 20.9 Å². The smallest absolute Gasteiger partial charge is 0.271 e. The average molecular weight is 768 g/mol. The van der Waals surface area contributed by atoms with Crippen LogP contribution in [0.3, 0.4) is 0 Å². The van der Waals surface area contributed by atoms with Gasteiger partial charge < -0.3 is 25.4 Å². The molecule has 1 aromatic carbocycles. The van der Waals surface area contributed by atoms with Gasteiger partial charge >= 0.3 is 0 Å². The first-order chi connectivity index (χ1) is 25.7. The highest BCUT2D eigenvalue weighted by atomic mass is 32.1. The number of aromatic hydroxyl groups is 1. The molecule has 0 bridgehead atoms. The van der Waals surface area contributed by atoms with E-state index in [1.54, 1.807) is 47.5 Å². The molecular weight excluding hydrogens is 707 g/mol. The third-order valence-corrected chi connectivity index (χ3v) is 11.3. The summed E-state index contributed by atoms with van der Waals surface area (Å²) >= 11 is 1.36. The predicted molar refractivity (Wildman–Crippen MR) is 212 cm³/mol. The molecule has 6 N–H and O–H groups in total. The number of carbonyl (C=O) groups excluding carboxylic acids is 4. The SMILES string of the molecule is C=CCOCN(C(=O)[C@@H](NC(=O)[C@H]1CCCCN1C)C(C)CC)C(CCc1nc(C(=O)N[C@@H](Cc2ccc(O)cc2)C(=C)[C@H](C)C(=O)NN)cs1)C(C)C. The van der Waals surface area contributed by atoms with Gasteiger partial charge in [0, 0.05) is 17.8 Å². The molecule has 1 aliphatic heterocycles. The molecule has 3 rings (SSSR count). The van der Waals surface area contributed by atoms with Crippen molar-refractivity contribution in [2.24, 2.45) is 23.6 Å². The molecule has 0 saturated carbocycles. The van der Waals surface area contributed by atoms with Crippen LogP contribution in [0.5, 0.6) is 5.75 Å². The summed E-state index contributed by atoms with van der Waals surface area (Å²) < 4.78 is 5.88. The number of piperidine rings is 1. The van der Waals surface area contributed by atoms with Crippen LogP contribution in [0.15, 0.2) is 54.5 Å². The fourth-order valence-electron chi connectivity index (χ4n) is 6.70. The molecule has 2 aromatic rings. The van der Waals surface area contributed by atoms with E-state index in [1.165, 1.54) is 11.3 Å². The van der Waals surface area contributed by atoms with E-state index in [9.17, 15) is 24.3 Å². The number of thiazole rings is 1. The van der Waals surface area contributed by atoms with Gasteiger partial charge in [-0.05, 0) is 81.3 Å². The average Bonchev–Trinajstić information content (AvgIpc) is 3.64. The van der Waals surface area contributed by atoms with E-state index >= 15 is 0 Å². The van der Waals surface area contributed by atoms with Crippen LogP contribution < -0.4 is 21.9 Å². The minimum Gasteiger partial charge on any atom is -0.508 e. The third kappa shape index (κ3) is 12.5. The first kappa shape index (κ1) is 44.3. The van der Waals surface area contributed by atoms with Crippen LogP contribution >= 0.6 is 11.3 Å². The number of ether oxygens (including phenoxy) is 1. The fraction of sp³-hybridized carbons (Fsp3) is 0.575. The van der Waals surface area contributed by atoms with Crippen LogP contribution in [0.25, 0.3) is 0 Å². The molecule has 2 heterocycles. The first-order valence-corrected chi connectivity index (χ1v) is 19.8. The number of aromatic nitrogens is 1. The monoisotopic (exact) mass is 767 g/mol. The van der Waals surface area contributed by atoms with E-state index < -0.39 is 29.8 Å². The van der Waals surface area contributed by atoms with Crippen molar-refractivity contribution in [1.29, 1.82) is 0 Å². The number of benzene rings is 1. The zero-order valence-electron chi connectivity index (χ0n) is 32.8. The number of hydrogen-bond donors (Lipinski definition) is 5. The van der Waals surface area contributed by atoms with Gasteiger partial charge in [-0.15, -0.1) is 17.9 Å². The third-order valence-electron chi connectivity index (χ3n) is 10.4. The van der Waals surface area contributed by atoms with Crippen molar-refractivity contribution in [3.8, 4) is 5.75 Å². The van der Waals surface area contributed by atoms with Crippen LogP contribution in [0.2, 0.25) is 0 Å². The molecule has 13 nitrogen and oxygen atoms in total. The number of hydrazine groups is 1. The van der Waals surface area contributed by atoms with Crippen molar-refractivity contribution < 1.29 is 29.0 Å². The van der Waals surface area contributed by atoms with E-state index in [0.29, 0.717) is 31.3 Å². The van der Waals surface area contributed by atoms with Gasteiger partial charge in [0.15, 0.2) is 0 Å². The first-order valence-electron chi connectivity index (χ1n) is 18.9. The number of rotatable bonds is 21. The number of nitrogens with two attached hydrogens (primary N) is 1. The largest absolute Gasteiger partial charge is 0.508 e. The van der Waals surface area contributed by atoms with Crippen molar-refractivity contribution in [1.82, 2.24) is 30.8 Å². The number of hydrogen-bond acceptors (Lipinski definition) is 10. The van der Waals surface area contributed by atoms with E-state index in [4.69, 9.17) is 10.6 Å². The lowest BCUT2D eigenvalue weighted by Gasteiger charge is -2.39. The van der Waals surface area contributed by atoms with Crippen molar-refractivity contribution in [2.45, 2.75) is 104 Å². The Kier molecular flexibility index (Phi) is 17.8. The number of likely N-dealkylation sites (N-methyl/N-ethyl adjacent to an activating group) is 1. The lowest BCUT2D eigenvalue weighted by atomic mass is 9.90. The van der Waals surface area contributed by atoms with Gasteiger partial charge in [-0.25, -0.2) is 10.8 Å². The van der Waals surface area contributed by atoms with Crippen LogP contribution in [0, 0.1) is 17.8 Å². The van der Waals surface area contributed by atoms with Crippen LogP contribution in [-0.4, -0.2) is 94.6 Å². The van der Waals surface area contributed by atoms with Crippen LogP contribution in [0.1, 0.15) is 87.8 Å². The Balaban J connectivity index is 1.80. The number of phenols is 1. The molecule has 54 heavy (non-hydrogen) atoms. The summed E-state index contributed by atoms with van der Waals surface area (Å²) in [5.74, 6) is 3.59. The van der Waals surface area contributed by atoms with Crippen molar-refractivity contribution >= 4 is 35.0 Å². The molecule has 2 unspecified atom stereocenters. The molecule has 1 fully saturated rings. The summed E-state index contributed by atoms with van der Waals surface area (Å²) in [6.45, 7) is 18.8. The highest BCUT2D eigenvalue weighted by Crippen LogP contribution is 2.25. The number of nitrogens with one attached hydrogen (secondary N) is 3. The van der Waals surface area contributed by atoms with Gasteiger partial charge in [-0.3, -0.25) is 29.5 Å². The topological polar surface area (TPSA) is 179 Å². The lowest BCUT2D eigenvalue weighted by molar-refractivity contribution is -0.148. The van der Waals surface area contributed by atoms with Crippen molar-refractivity contribution in [3.05, 3.63) is 70.7 Å². The van der Waals surface area contributed by atoms with Gasteiger partial charge in [0.1, 0.15) is 24.2 Å². The summed E-state index contributed by atoms with van der Waals surface area (Å²) in [5.41, 5.74) is 3.66. The number of aryl methyl sites for hydroxylation is 1. The number of amides is 4. The molecule has 14 heteroatoms. The lowest BCUT2D eigenvalue weighted by Crippen LogP contribution is -2.59. The summed E-state index contributed by atoms with van der Waals surface area (Å²) in [4.78, 5) is 62.4. The van der Waals surface area contributed by atoms with E-state index in [2.05, 4.69) is 52.9 Å². The van der Waals surface area contributed by atoms with E-state index in [0.717, 1.165) is 36.4 Å². The Morgan fingerprint density at radius 1 is 1.15 bits per heavy atom. The Bertz CT molecular complexity index is 1560. The van der Waals surface area contributed by atoms with Crippen LogP contribution in [0.4, 0.5) is 0 Å². The highest BCUT2D eigenvalue weighted by Gasteiger charge is 2.37. The molecule has 1 saturated heterocycles. The van der Waals surface area contributed by atoms with Crippen molar-refractivity contribution in [2.75, 3.05) is 26.9 Å². The van der Waals surface area contributed by atoms with Gasteiger partial charge in [0.05, 0.1) is 29.6 Å². The normalized spacial score (nSPS) is 17.4. The minimum atomic E-state index is -0.718. The fourth-order valence-corrected chi connectivity index (χ4v) is 7.49. The predicted octanol–water partition coefficient (Wildman–Crippen LogP) is 4.33. The number of likely N-dealkylation sites (tertiary alicyclic amines) is 1. The second-order valence-corrected chi connectivity index (χ2v) is 15.6. The molecule has 0 spiro atoms. The molecule has 1 aliphatic rings. The molecule has 0 radical (unpaired) electrons. The maximum Gasteiger partial charge on any atom is 0.271 e. The van der Waals surface area contributed by atoms with E-state index in [-0.39, 0.29) is 60.5 Å². The second-order valence-electron chi connectivity index (χ2n) is 14.6. The van der Waals surface area contributed by atoms with Gasteiger partial charge in [-0.1, -0.05) is 65.3 Å². The summed E-state index contributed by atoms with van der Waals surface area (Å²) in [6, 6.07) is 4.73. The Hall–Kier alpha value is -4.11. The van der Waals surface area contributed by atoms with Gasteiger partial charge in [0.25, 0.3) is 5.91 Å². The number of phenolic OH excluding ortho intramolecular Hbond substituents is 1. The summed E-state index contributed by atoms with van der Waals surface area (Å²) in [6.07, 6.45) is 6.51. The standard InChI is InChI=1S/C40H61N7O6S/c1-9-21-53-24-47(40(52)36(26(5)10-2)44-39(51)34-13-11-12-20-46(34)8)33(25(3)4)18-19-35-42-32(23-54-35)38(50)43-31(27(6)28(7)37(49)45-41)22-29-14-16-30(48)17-15-29/h9,14-17,23,25-26,28,31,33-34,36,48H,1,6,10-13,18-22,24,41H2,2-5,7-8H3,(H,43,50)(H,44,51)(H,45,49)/t26?,28-,31-,33?,34+,36-/m0/s1. The van der Waals surface area contributed by atoms with Crippen LogP contribution in [-0.2, 0) is 32.0 Å². The highest BCUT2D eigenvalue weighted by molar-refractivity contribution is 7.09. The molecule has 1 aromatic heterocycles. The zero-order chi connectivity index (χ0) is 39.9. The maximum atomic E-state index is 14.5. The Labute approximate surface area is 324 Å². The molecule has 0 aliphatic carbocycles. The molecule has 6 atom stereocenters. The maximum absolute atomic E-state index is 14.5. The summed E-state index contributed by atoms with van der Waals surface area (Å²) in [5, 5.41) is 18.3. The second kappa shape index (κ2) is 21.7. The number of carbonyl (C=O) groups is 4. The number of nitrogens with zero attached hydrogens (tertiary/aromatic N) is 3. The van der Waals surface area contributed by atoms with Gasteiger partial charge in [0.2, 0.25) is 17.7 Å². The summed E-state index contributed by atoms with van der Waals surface area (Å²) in [7, 11) is 1.96. The molecular formula is C40H61N7O6S. The quantitative estimate of drug-likeness (QED) is 0.0309.